The monoisotopic (exact) mass is 291 g/mol. The van der Waals surface area contributed by atoms with Crippen LogP contribution in [0.25, 0.3) is 11.5 Å². The Morgan fingerprint density at radius 3 is 2.57 bits per heavy atom. The molecule has 0 atom stereocenters. The van der Waals surface area contributed by atoms with Crippen LogP contribution >= 0.6 is 0 Å². The Balaban J connectivity index is 1.96. The molecule has 0 aliphatic rings. The second-order valence-corrected chi connectivity index (χ2v) is 4.41. The topological polar surface area (TPSA) is 119 Å². The van der Waals surface area contributed by atoms with Gasteiger partial charge in [-0.1, -0.05) is 0 Å². The van der Waals surface area contributed by atoms with E-state index < -0.39 is 10.9 Å². The van der Waals surface area contributed by atoms with E-state index in [4.69, 9.17) is 9.52 Å². The van der Waals surface area contributed by atoms with Gasteiger partial charge in [0.15, 0.2) is 0 Å². The normalized spacial score (nSPS) is 10.5. The minimum atomic E-state index is -0.827. The Morgan fingerprint density at radius 2 is 1.95 bits per heavy atom. The fourth-order valence-electron chi connectivity index (χ4n) is 1.75. The van der Waals surface area contributed by atoms with Crippen LogP contribution in [0.5, 0.6) is 0 Å². The van der Waals surface area contributed by atoms with Crippen LogP contribution in [0.2, 0.25) is 0 Å². The number of benzene rings is 1. The van der Waals surface area contributed by atoms with E-state index >= 15 is 0 Å². The van der Waals surface area contributed by atoms with Gasteiger partial charge in [0, 0.05) is 30.5 Å². The number of unbranched alkanes of at least 4 members (excludes halogenated alkanes) is 1. The molecule has 1 heterocycles. The summed E-state index contributed by atoms with van der Waals surface area (Å²) in [5, 5.41) is 26.8. The Morgan fingerprint density at radius 1 is 1.24 bits per heavy atom. The maximum absolute atomic E-state index is 10.6. The second kappa shape index (κ2) is 6.60. The molecule has 2 rings (SSSR count). The molecule has 8 heteroatoms. The summed E-state index contributed by atoms with van der Waals surface area (Å²) in [4.78, 5) is 20.5. The first-order valence-electron chi connectivity index (χ1n) is 6.35. The average Bonchev–Trinajstić information content (AvgIpc) is 2.92. The van der Waals surface area contributed by atoms with Crippen LogP contribution in [0.4, 0.5) is 5.69 Å². The molecule has 0 bridgehead atoms. The number of hydrogen-bond acceptors (Lipinski definition) is 6. The van der Waals surface area contributed by atoms with Gasteiger partial charge in [-0.15, -0.1) is 10.2 Å². The van der Waals surface area contributed by atoms with Gasteiger partial charge in [0.2, 0.25) is 11.8 Å². The van der Waals surface area contributed by atoms with Crippen molar-refractivity contribution in [2.75, 3.05) is 0 Å². The van der Waals surface area contributed by atoms with Crippen molar-refractivity contribution in [3.8, 4) is 11.5 Å². The molecule has 2 aromatic rings. The van der Waals surface area contributed by atoms with Gasteiger partial charge < -0.3 is 9.52 Å². The van der Waals surface area contributed by atoms with Crippen molar-refractivity contribution >= 4 is 11.7 Å². The highest BCUT2D eigenvalue weighted by Crippen LogP contribution is 2.21. The predicted octanol–water partition coefficient (Wildman–Crippen LogP) is 2.44. The summed E-state index contributed by atoms with van der Waals surface area (Å²) in [7, 11) is 0. The van der Waals surface area contributed by atoms with E-state index in [0.717, 1.165) is 0 Å². The Labute approximate surface area is 119 Å². The number of rotatable bonds is 7. The molecular weight excluding hydrogens is 278 g/mol. The van der Waals surface area contributed by atoms with Crippen LogP contribution in [-0.4, -0.2) is 26.2 Å². The van der Waals surface area contributed by atoms with Crippen LogP contribution in [0.15, 0.2) is 28.7 Å². The molecule has 0 amide bonds. The number of nitrogens with zero attached hydrogens (tertiary/aromatic N) is 3. The summed E-state index contributed by atoms with van der Waals surface area (Å²) in [6.45, 7) is 0. The number of carbonyl (C=O) groups is 1. The number of carboxylic acids is 1. The largest absolute Gasteiger partial charge is 0.481 e. The summed E-state index contributed by atoms with van der Waals surface area (Å²) < 4.78 is 5.44. The number of hydrogen-bond donors (Lipinski definition) is 1. The van der Waals surface area contributed by atoms with E-state index in [1.807, 2.05) is 0 Å². The quantitative estimate of drug-likeness (QED) is 0.472. The molecule has 1 aromatic heterocycles. The molecule has 110 valence electrons. The van der Waals surface area contributed by atoms with Crippen LogP contribution in [0.1, 0.15) is 25.2 Å². The molecule has 1 N–H and O–H groups in total. The van der Waals surface area contributed by atoms with Crippen molar-refractivity contribution in [1.82, 2.24) is 10.2 Å². The van der Waals surface area contributed by atoms with E-state index in [1.165, 1.54) is 12.1 Å². The molecule has 0 fully saturated rings. The first-order chi connectivity index (χ1) is 10.1. The van der Waals surface area contributed by atoms with Crippen molar-refractivity contribution in [1.29, 1.82) is 0 Å². The minimum Gasteiger partial charge on any atom is -0.481 e. The molecular formula is C13H13N3O5. The zero-order valence-electron chi connectivity index (χ0n) is 11.1. The summed E-state index contributed by atoms with van der Waals surface area (Å²) in [5.74, 6) is -0.112. The molecule has 0 radical (unpaired) electrons. The van der Waals surface area contributed by atoms with Crippen LogP contribution in [0, 0.1) is 10.1 Å². The Bertz CT molecular complexity index is 636. The lowest BCUT2D eigenvalue weighted by Gasteiger charge is -1.95. The van der Waals surface area contributed by atoms with E-state index in [2.05, 4.69) is 10.2 Å². The third kappa shape index (κ3) is 4.10. The van der Waals surface area contributed by atoms with E-state index in [1.54, 1.807) is 12.1 Å². The van der Waals surface area contributed by atoms with Crippen LogP contribution in [0.3, 0.4) is 0 Å². The maximum Gasteiger partial charge on any atom is 0.303 e. The lowest BCUT2D eigenvalue weighted by Crippen LogP contribution is -1.95. The number of aryl methyl sites for hydroxylation is 1. The van der Waals surface area contributed by atoms with Crippen molar-refractivity contribution in [3.63, 3.8) is 0 Å². The molecule has 0 spiro atoms. The fourth-order valence-corrected chi connectivity index (χ4v) is 1.75. The third-order valence-electron chi connectivity index (χ3n) is 2.82. The highest BCUT2D eigenvalue weighted by molar-refractivity contribution is 5.66. The zero-order valence-corrected chi connectivity index (χ0v) is 11.1. The first kappa shape index (κ1) is 14.6. The summed E-state index contributed by atoms with van der Waals surface area (Å²) >= 11 is 0. The highest BCUT2D eigenvalue weighted by atomic mass is 16.6. The van der Waals surface area contributed by atoms with Gasteiger partial charge in [0.25, 0.3) is 5.69 Å². The number of carboxylic acid groups (broad SMARTS) is 1. The molecule has 0 unspecified atom stereocenters. The van der Waals surface area contributed by atoms with Gasteiger partial charge in [-0.05, 0) is 25.0 Å². The number of non-ortho nitro benzene ring substituents is 1. The fraction of sp³-hybridized carbons (Fsp3) is 0.308. The number of aromatic nitrogens is 2. The van der Waals surface area contributed by atoms with E-state index in [9.17, 15) is 14.9 Å². The standard InChI is InChI=1S/C13H13N3O5/c17-12(18)4-2-1-3-11-14-15-13(21-11)9-5-7-10(8-6-9)16(19)20/h5-8H,1-4H2,(H,17,18). The Hall–Kier alpha value is -2.77. The molecule has 0 saturated heterocycles. The van der Waals surface area contributed by atoms with Gasteiger partial charge in [-0.25, -0.2) is 0 Å². The zero-order chi connectivity index (χ0) is 15.2. The first-order valence-corrected chi connectivity index (χ1v) is 6.35. The lowest BCUT2D eigenvalue weighted by atomic mass is 10.2. The molecule has 1 aromatic carbocycles. The molecule has 0 saturated carbocycles. The average molecular weight is 291 g/mol. The van der Waals surface area contributed by atoms with Crippen molar-refractivity contribution in [2.24, 2.45) is 0 Å². The number of nitro groups is 1. The summed E-state index contributed by atoms with van der Waals surface area (Å²) in [5.41, 5.74) is 0.594. The maximum atomic E-state index is 10.6. The van der Waals surface area contributed by atoms with Crippen molar-refractivity contribution < 1.29 is 19.2 Å². The van der Waals surface area contributed by atoms with E-state index in [0.29, 0.717) is 30.7 Å². The van der Waals surface area contributed by atoms with Gasteiger partial charge in [-0.2, -0.15) is 0 Å². The van der Waals surface area contributed by atoms with Crippen molar-refractivity contribution in [2.45, 2.75) is 25.7 Å². The smallest absolute Gasteiger partial charge is 0.303 e. The lowest BCUT2D eigenvalue weighted by molar-refractivity contribution is -0.384. The van der Waals surface area contributed by atoms with Crippen LogP contribution < -0.4 is 0 Å². The third-order valence-corrected chi connectivity index (χ3v) is 2.82. The minimum absolute atomic E-state index is 0.00726. The summed E-state index contributed by atoms with van der Waals surface area (Å²) in [6, 6.07) is 5.82. The SMILES string of the molecule is O=C(O)CCCCc1nnc(-c2ccc([N+](=O)[O-])cc2)o1. The summed E-state index contributed by atoms with van der Waals surface area (Å²) in [6.07, 6.45) is 1.81. The highest BCUT2D eigenvalue weighted by Gasteiger charge is 2.11. The van der Waals surface area contributed by atoms with Gasteiger partial charge in [0.05, 0.1) is 4.92 Å². The van der Waals surface area contributed by atoms with Crippen molar-refractivity contribution in [3.05, 3.63) is 40.3 Å². The number of aliphatic carboxylic acids is 1. The van der Waals surface area contributed by atoms with E-state index in [-0.39, 0.29) is 18.0 Å². The van der Waals surface area contributed by atoms with Crippen LogP contribution in [-0.2, 0) is 11.2 Å². The second-order valence-electron chi connectivity index (χ2n) is 4.41. The van der Waals surface area contributed by atoms with Gasteiger partial charge in [0.1, 0.15) is 0 Å². The Kier molecular flexibility index (Phi) is 4.60. The molecule has 21 heavy (non-hydrogen) atoms. The molecule has 8 nitrogen and oxygen atoms in total. The molecule has 0 aliphatic heterocycles. The molecule has 0 aliphatic carbocycles. The predicted molar refractivity (Wildman–Crippen MR) is 71.6 cm³/mol. The number of nitro benzene ring substituents is 1. The van der Waals surface area contributed by atoms with Gasteiger partial charge >= 0.3 is 5.97 Å². The van der Waals surface area contributed by atoms with Gasteiger partial charge in [-0.3, -0.25) is 14.9 Å².